The van der Waals surface area contributed by atoms with Crippen LogP contribution in [0.15, 0.2) is 34.9 Å². The Hall–Kier alpha value is -1.76. The quantitative estimate of drug-likeness (QED) is 0.842. The third-order valence-corrected chi connectivity index (χ3v) is 3.14. The Morgan fingerprint density at radius 1 is 1.25 bits per heavy atom. The largest absolute Gasteiger partial charge is 0.416 e. The first-order chi connectivity index (χ1) is 9.27. The van der Waals surface area contributed by atoms with Gasteiger partial charge in [-0.05, 0) is 46.6 Å². The first-order valence-corrected chi connectivity index (χ1v) is 6.42. The van der Waals surface area contributed by atoms with Crippen LogP contribution in [0.1, 0.15) is 11.1 Å². The van der Waals surface area contributed by atoms with Crippen LogP contribution in [0.3, 0.4) is 0 Å². The van der Waals surface area contributed by atoms with E-state index in [9.17, 15) is 13.2 Å². The summed E-state index contributed by atoms with van der Waals surface area (Å²) in [5.41, 5.74) is 6.38. The van der Waals surface area contributed by atoms with Crippen molar-refractivity contribution >= 4 is 33.1 Å². The second kappa shape index (κ2) is 5.32. The van der Waals surface area contributed by atoms with Gasteiger partial charge in [-0.25, -0.2) is 4.98 Å². The van der Waals surface area contributed by atoms with Crippen molar-refractivity contribution in [3.8, 4) is 0 Å². The number of nitrogens with one attached hydrogen (secondary N) is 1. The standard InChI is InChI=1S/C13H11BrF3N3/c1-7-2-3-8(13(15,16)17)4-11(7)20-12-10(18)5-9(14)6-19-12/h2-6H,18H2,1H3,(H,19,20). The Balaban J connectivity index is 2.38. The van der Waals surface area contributed by atoms with Gasteiger partial charge in [0.15, 0.2) is 5.82 Å². The van der Waals surface area contributed by atoms with Gasteiger partial charge in [-0.2, -0.15) is 13.2 Å². The van der Waals surface area contributed by atoms with E-state index in [2.05, 4.69) is 26.2 Å². The molecule has 2 rings (SSSR count). The number of nitrogens with two attached hydrogens (primary N) is 1. The number of anilines is 3. The molecule has 20 heavy (non-hydrogen) atoms. The van der Waals surface area contributed by atoms with E-state index >= 15 is 0 Å². The van der Waals surface area contributed by atoms with Gasteiger partial charge < -0.3 is 11.1 Å². The highest BCUT2D eigenvalue weighted by molar-refractivity contribution is 9.10. The van der Waals surface area contributed by atoms with Crippen molar-refractivity contribution in [3.05, 3.63) is 46.1 Å². The summed E-state index contributed by atoms with van der Waals surface area (Å²) in [4.78, 5) is 4.04. The molecule has 106 valence electrons. The van der Waals surface area contributed by atoms with E-state index < -0.39 is 11.7 Å². The van der Waals surface area contributed by atoms with Gasteiger partial charge in [-0.3, -0.25) is 0 Å². The van der Waals surface area contributed by atoms with Gasteiger partial charge in [0, 0.05) is 16.4 Å². The minimum atomic E-state index is -4.39. The number of rotatable bonds is 2. The molecule has 1 aromatic heterocycles. The lowest BCUT2D eigenvalue weighted by molar-refractivity contribution is -0.137. The molecule has 3 nitrogen and oxygen atoms in total. The van der Waals surface area contributed by atoms with Gasteiger partial charge >= 0.3 is 6.18 Å². The number of aromatic nitrogens is 1. The van der Waals surface area contributed by atoms with Gasteiger partial charge in [-0.1, -0.05) is 6.07 Å². The molecular formula is C13H11BrF3N3. The lowest BCUT2D eigenvalue weighted by Crippen LogP contribution is -2.07. The van der Waals surface area contributed by atoms with Gasteiger partial charge in [0.2, 0.25) is 0 Å². The summed E-state index contributed by atoms with van der Waals surface area (Å²) in [5.74, 6) is 0.315. The average Bonchev–Trinajstić information content (AvgIpc) is 2.33. The summed E-state index contributed by atoms with van der Waals surface area (Å²) in [6, 6.07) is 5.11. The summed E-state index contributed by atoms with van der Waals surface area (Å²) in [5, 5.41) is 2.82. The van der Waals surface area contributed by atoms with Crippen LogP contribution in [0.5, 0.6) is 0 Å². The molecule has 0 aliphatic rings. The van der Waals surface area contributed by atoms with Gasteiger partial charge in [0.25, 0.3) is 0 Å². The number of nitrogen functional groups attached to an aromatic ring is 1. The third kappa shape index (κ3) is 3.22. The number of hydrogen-bond donors (Lipinski definition) is 2. The zero-order valence-corrected chi connectivity index (χ0v) is 12.0. The summed E-state index contributed by atoms with van der Waals surface area (Å²) in [6.45, 7) is 1.71. The third-order valence-electron chi connectivity index (χ3n) is 2.70. The molecule has 0 spiro atoms. The zero-order valence-electron chi connectivity index (χ0n) is 10.4. The van der Waals surface area contributed by atoms with Crippen LogP contribution < -0.4 is 11.1 Å². The smallest absolute Gasteiger partial charge is 0.396 e. The lowest BCUT2D eigenvalue weighted by Gasteiger charge is -2.14. The van der Waals surface area contributed by atoms with E-state index in [1.807, 2.05) is 0 Å². The van der Waals surface area contributed by atoms with Crippen LogP contribution in [0.4, 0.5) is 30.4 Å². The fourth-order valence-corrected chi connectivity index (χ4v) is 1.97. The topological polar surface area (TPSA) is 50.9 Å². The summed E-state index contributed by atoms with van der Waals surface area (Å²) in [7, 11) is 0. The number of halogens is 4. The maximum atomic E-state index is 12.7. The van der Waals surface area contributed by atoms with Crippen LogP contribution in [0.2, 0.25) is 0 Å². The van der Waals surface area contributed by atoms with E-state index in [-0.39, 0.29) is 0 Å². The first-order valence-electron chi connectivity index (χ1n) is 5.63. The van der Waals surface area contributed by atoms with Crippen LogP contribution in [-0.4, -0.2) is 4.98 Å². The molecule has 0 saturated heterocycles. The summed E-state index contributed by atoms with van der Waals surface area (Å²) in [6.07, 6.45) is -2.87. The van der Waals surface area contributed by atoms with Gasteiger partial charge in [-0.15, -0.1) is 0 Å². The number of pyridine rings is 1. The first kappa shape index (κ1) is 14.6. The minimum absolute atomic E-state index is 0.315. The molecule has 0 saturated carbocycles. The lowest BCUT2D eigenvalue weighted by atomic mass is 10.1. The number of hydrogen-bond acceptors (Lipinski definition) is 3. The van der Waals surface area contributed by atoms with Crippen molar-refractivity contribution in [2.45, 2.75) is 13.1 Å². The Morgan fingerprint density at radius 2 is 1.95 bits per heavy atom. The maximum Gasteiger partial charge on any atom is 0.416 e. The Labute approximate surface area is 122 Å². The van der Waals surface area contributed by atoms with E-state index in [4.69, 9.17) is 5.73 Å². The van der Waals surface area contributed by atoms with E-state index in [0.29, 0.717) is 27.2 Å². The molecular weight excluding hydrogens is 335 g/mol. The molecule has 1 aromatic carbocycles. The molecule has 0 aliphatic heterocycles. The van der Waals surface area contributed by atoms with E-state index in [1.54, 1.807) is 13.0 Å². The molecule has 0 radical (unpaired) electrons. The van der Waals surface area contributed by atoms with Gasteiger partial charge in [0.05, 0.1) is 11.3 Å². The van der Waals surface area contributed by atoms with E-state index in [1.165, 1.54) is 12.3 Å². The fourth-order valence-electron chi connectivity index (χ4n) is 1.62. The van der Waals surface area contributed by atoms with Crippen molar-refractivity contribution in [1.82, 2.24) is 4.98 Å². The van der Waals surface area contributed by atoms with Crippen molar-refractivity contribution in [2.24, 2.45) is 0 Å². The molecule has 0 aliphatic carbocycles. The number of benzene rings is 1. The summed E-state index contributed by atoms with van der Waals surface area (Å²) < 4.78 is 38.8. The normalized spacial score (nSPS) is 11.4. The Bertz CT molecular complexity index is 641. The summed E-state index contributed by atoms with van der Waals surface area (Å²) >= 11 is 3.21. The predicted molar refractivity (Wildman–Crippen MR) is 75.8 cm³/mol. The Kier molecular flexibility index (Phi) is 3.89. The van der Waals surface area contributed by atoms with Crippen molar-refractivity contribution in [2.75, 3.05) is 11.1 Å². The monoisotopic (exact) mass is 345 g/mol. The van der Waals surface area contributed by atoms with Crippen molar-refractivity contribution < 1.29 is 13.2 Å². The molecule has 1 heterocycles. The number of alkyl halides is 3. The fraction of sp³-hybridized carbons (Fsp3) is 0.154. The highest BCUT2D eigenvalue weighted by Gasteiger charge is 2.30. The zero-order chi connectivity index (χ0) is 14.9. The highest BCUT2D eigenvalue weighted by Crippen LogP contribution is 2.33. The van der Waals surface area contributed by atoms with Crippen LogP contribution in [0.25, 0.3) is 0 Å². The molecule has 0 fully saturated rings. The molecule has 7 heteroatoms. The van der Waals surface area contributed by atoms with Gasteiger partial charge in [0.1, 0.15) is 0 Å². The maximum absolute atomic E-state index is 12.7. The molecule has 0 atom stereocenters. The SMILES string of the molecule is Cc1ccc(C(F)(F)F)cc1Nc1ncc(Br)cc1N. The highest BCUT2D eigenvalue weighted by atomic mass is 79.9. The second-order valence-corrected chi connectivity index (χ2v) is 5.16. The van der Waals surface area contributed by atoms with Crippen molar-refractivity contribution in [3.63, 3.8) is 0 Å². The molecule has 0 amide bonds. The average molecular weight is 346 g/mol. The number of aryl methyl sites for hydroxylation is 1. The molecule has 2 aromatic rings. The number of nitrogens with zero attached hydrogens (tertiary/aromatic N) is 1. The second-order valence-electron chi connectivity index (χ2n) is 4.24. The van der Waals surface area contributed by atoms with Crippen LogP contribution in [0, 0.1) is 6.92 Å². The molecule has 0 bridgehead atoms. The molecule has 0 unspecified atom stereocenters. The molecule has 3 N–H and O–H groups in total. The van der Waals surface area contributed by atoms with Crippen molar-refractivity contribution in [1.29, 1.82) is 0 Å². The Morgan fingerprint density at radius 3 is 2.55 bits per heavy atom. The minimum Gasteiger partial charge on any atom is -0.396 e. The van der Waals surface area contributed by atoms with E-state index in [0.717, 1.165) is 12.1 Å². The predicted octanol–water partition coefficient (Wildman–Crippen LogP) is 4.50. The van der Waals surface area contributed by atoms with Crippen LogP contribution >= 0.6 is 15.9 Å². The van der Waals surface area contributed by atoms with Crippen LogP contribution in [-0.2, 0) is 6.18 Å².